The molecule has 7 nitrogen and oxygen atoms in total. The van der Waals surface area contributed by atoms with Crippen LogP contribution >= 0.6 is 0 Å². The predicted molar refractivity (Wildman–Crippen MR) is 95.0 cm³/mol. The normalized spacial score (nSPS) is 26.0. The molecule has 1 amide bonds. The van der Waals surface area contributed by atoms with Gasteiger partial charge in [-0.15, -0.1) is 0 Å². The minimum atomic E-state index is -2.52. The van der Waals surface area contributed by atoms with Crippen LogP contribution in [-0.2, 0) is 22.4 Å². The minimum absolute atomic E-state index is 0.0267. The van der Waals surface area contributed by atoms with Crippen LogP contribution in [0.4, 0.5) is 18.9 Å². The average molecular weight is 419 g/mol. The van der Waals surface area contributed by atoms with E-state index in [-0.39, 0.29) is 54.8 Å². The van der Waals surface area contributed by atoms with Crippen molar-refractivity contribution < 1.29 is 32.0 Å². The zero-order valence-electron chi connectivity index (χ0n) is 14.8. The van der Waals surface area contributed by atoms with Crippen molar-refractivity contribution in [2.75, 3.05) is 23.9 Å². The summed E-state index contributed by atoms with van der Waals surface area (Å²) >= 11 is -1.95. The highest BCUT2D eigenvalue weighted by Gasteiger charge is 2.44. The number of halogens is 3. The molecule has 3 N–H and O–H groups in total. The second-order valence-electron chi connectivity index (χ2n) is 7.41. The molecule has 2 aliphatic heterocycles. The monoisotopic (exact) mass is 419 g/mol. The summed E-state index contributed by atoms with van der Waals surface area (Å²) in [4.78, 5) is 11.4. The van der Waals surface area contributed by atoms with E-state index in [1.165, 1.54) is 6.07 Å². The molecule has 0 bridgehead atoms. The van der Waals surface area contributed by atoms with Gasteiger partial charge >= 0.3 is 0 Å². The van der Waals surface area contributed by atoms with Crippen molar-refractivity contribution in [3.63, 3.8) is 0 Å². The molecule has 1 saturated heterocycles. The number of fused-ring (bicyclic) bond motifs is 1. The Hall–Kier alpha value is -2.01. The van der Waals surface area contributed by atoms with Crippen molar-refractivity contribution in [2.24, 2.45) is 5.92 Å². The first-order chi connectivity index (χ1) is 13.2. The fraction of sp³-hybridized carbons (Fsp3) is 0.588. The molecule has 1 aliphatic carbocycles. The third-order valence-electron chi connectivity index (χ3n) is 5.22. The maximum Gasteiger partial charge on any atom is 0.253 e. The van der Waals surface area contributed by atoms with Gasteiger partial charge in [0.1, 0.15) is 29.8 Å². The van der Waals surface area contributed by atoms with Crippen LogP contribution in [0, 0.1) is 11.7 Å². The molecule has 4 rings (SSSR count). The quantitative estimate of drug-likeness (QED) is 0.606. The van der Waals surface area contributed by atoms with Crippen molar-refractivity contribution in [3.05, 3.63) is 17.4 Å². The van der Waals surface area contributed by atoms with E-state index >= 15 is 0 Å². The van der Waals surface area contributed by atoms with Gasteiger partial charge in [0.15, 0.2) is 5.82 Å². The molecule has 28 heavy (non-hydrogen) atoms. The van der Waals surface area contributed by atoms with Crippen molar-refractivity contribution >= 4 is 22.8 Å². The maximum absolute atomic E-state index is 14.9. The molecule has 2 unspecified atom stereocenters. The van der Waals surface area contributed by atoms with E-state index in [2.05, 4.69) is 10.0 Å². The molecular formula is C17H20F3N3O4S. The number of anilines is 1. The average Bonchev–Trinajstić information content (AvgIpc) is 3.12. The summed E-state index contributed by atoms with van der Waals surface area (Å²) in [5.74, 6) is -4.04. The molecule has 0 aromatic heterocycles. The summed E-state index contributed by atoms with van der Waals surface area (Å²) in [6.07, 6.45) is 0.387. The Morgan fingerprint density at radius 2 is 2.18 bits per heavy atom. The summed E-state index contributed by atoms with van der Waals surface area (Å²) < 4.78 is 61.2. The summed E-state index contributed by atoms with van der Waals surface area (Å²) in [7, 11) is 0. The number of nitrogens with zero attached hydrogens (tertiary/aromatic N) is 1. The van der Waals surface area contributed by atoms with Gasteiger partial charge in [-0.2, -0.15) is 0 Å². The van der Waals surface area contributed by atoms with Crippen LogP contribution in [0.1, 0.15) is 24.8 Å². The Bertz CT molecular complexity index is 830. The number of hydrogen-bond donors (Lipinski definition) is 3. The van der Waals surface area contributed by atoms with Crippen LogP contribution in [0.25, 0.3) is 0 Å². The van der Waals surface area contributed by atoms with E-state index in [4.69, 9.17) is 4.74 Å². The Balaban J connectivity index is 1.35. The van der Waals surface area contributed by atoms with Gasteiger partial charge in [0.2, 0.25) is 17.1 Å². The number of carbonyl (C=O) groups excluding carboxylic acids is 1. The third-order valence-corrected chi connectivity index (χ3v) is 6.33. The van der Waals surface area contributed by atoms with Gasteiger partial charge in [-0.05, 0) is 18.9 Å². The fourth-order valence-electron chi connectivity index (χ4n) is 3.83. The molecule has 2 fully saturated rings. The molecule has 2 heterocycles. The second kappa shape index (κ2) is 7.11. The van der Waals surface area contributed by atoms with Crippen molar-refractivity contribution in [1.29, 1.82) is 0 Å². The Morgan fingerprint density at radius 3 is 2.82 bits per heavy atom. The number of alkyl halides is 2. The lowest BCUT2D eigenvalue weighted by Gasteiger charge is -2.35. The lowest BCUT2D eigenvalue weighted by atomic mass is 9.79. The van der Waals surface area contributed by atoms with E-state index in [0.717, 1.165) is 4.31 Å². The van der Waals surface area contributed by atoms with Gasteiger partial charge in [0.25, 0.3) is 5.91 Å². The SMILES string of the molecule is O=C1CN(c2c(O)cc3c(c2F)CC(CNCCC2CC(F)(F)C2)O3)S(=O)N1. The largest absolute Gasteiger partial charge is 0.505 e. The number of phenols is 1. The highest BCUT2D eigenvalue weighted by molar-refractivity contribution is 7.85. The van der Waals surface area contributed by atoms with Gasteiger partial charge in [-0.3, -0.25) is 13.8 Å². The minimum Gasteiger partial charge on any atom is -0.505 e. The number of phenolic OH excluding ortho intramolecular Hbond substituents is 1. The first-order valence-electron chi connectivity index (χ1n) is 9.02. The molecule has 1 saturated carbocycles. The van der Waals surface area contributed by atoms with Gasteiger partial charge in [-0.25, -0.2) is 17.4 Å². The van der Waals surface area contributed by atoms with Gasteiger partial charge < -0.3 is 15.2 Å². The topological polar surface area (TPSA) is 90.9 Å². The van der Waals surface area contributed by atoms with Crippen molar-refractivity contribution in [2.45, 2.75) is 37.7 Å². The molecule has 154 valence electrons. The number of aromatic hydroxyl groups is 1. The van der Waals surface area contributed by atoms with Gasteiger partial charge in [0.05, 0.1) is 0 Å². The molecule has 3 aliphatic rings. The van der Waals surface area contributed by atoms with E-state index < -0.39 is 34.6 Å². The van der Waals surface area contributed by atoms with E-state index in [9.17, 15) is 27.3 Å². The third kappa shape index (κ3) is 3.64. The number of benzene rings is 1. The smallest absolute Gasteiger partial charge is 0.253 e. The molecule has 2 atom stereocenters. The van der Waals surface area contributed by atoms with E-state index in [1.54, 1.807) is 0 Å². The Kier molecular flexibility index (Phi) is 4.90. The molecule has 0 spiro atoms. The lowest BCUT2D eigenvalue weighted by molar-refractivity contribution is -0.117. The zero-order chi connectivity index (χ0) is 20.1. The van der Waals surface area contributed by atoms with Crippen LogP contribution in [-0.4, -0.2) is 46.9 Å². The fourth-order valence-corrected chi connectivity index (χ4v) is 4.78. The van der Waals surface area contributed by atoms with E-state index in [0.29, 0.717) is 19.5 Å². The maximum atomic E-state index is 14.9. The first kappa shape index (κ1) is 19.3. The number of nitrogens with one attached hydrogen (secondary N) is 2. The van der Waals surface area contributed by atoms with Crippen LogP contribution in [0.3, 0.4) is 0 Å². The van der Waals surface area contributed by atoms with Crippen LogP contribution in [0.15, 0.2) is 6.07 Å². The number of hydrogen-bond acceptors (Lipinski definition) is 5. The molecular weight excluding hydrogens is 399 g/mol. The second-order valence-corrected chi connectivity index (χ2v) is 8.56. The van der Waals surface area contributed by atoms with E-state index in [1.807, 2.05) is 0 Å². The molecule has 1 aromatic carbocycles. The van der Waals surface area contributed by atoms with Gasteiger partial charge in [-0.1, -0.05) is 0 Å². The van der Waals surface area contributed by atoms with Crippen molar-refractivity contribution in [1.82, 2.24) is 10.0 Å². The predicted octanol–water partition coefficient (Wildman–Crippen LogP) is 1.37. The summed E-state index contributed by atoms with van der Waals surface area (Å²) in [6.45, 7) is 0.654. The summed E-state index contributed by atoms with van der Waals surface area (Å²) in [6, 6.07) is 1.25. The summed E-state index contributed by atoms with van der Waals surface area (Å²) in [5, 5.41) is 13.3. The number of amides is 1. The lowest BCUT2D eigenvalue weighted by Crippen LogP contribution is -2.38. The van der Waals surface area contributed by atoms with Gasteiger partial charge in [0, 0.05) is 37.4 Å². The van der Waals surface area contributed by atoms with Crippen LogP contribution in [0.5, 0.6) is 11.5 Å². The van der Waals surface area contributed by atoms with Crippen LogP contribution in [0.2, 0.25) is 0 Å². The standard InChI is InChI=1S/C17H20F3N3O4S/c18-15-11-3-10(7-21-2-1-9-5-17(19,20)6-9)27-13(11)4-12(24)16(15)23-8-14(25)22-28(23)26/h4,9-10,21,24H,1-3,5-8H2,(H,22,25). The molecule has 11 heteroatoms. The Morgan fingerprint density at radius 1 is 1.43 bits per heavy atom. The number of carbonyl (C=O) groups is 1. The summed E-state index contributed by atoms with van der Waals surface area (Å²) in [5.41, 5.74) is -0.0480. The highest BCUT2D eigenvalue weighted by atomic mass is 32.2. The number of ether oxygens (including phenoxy) is 1. The van der Waals surface area contributed by atoms with Crippen molar-refractivity contribution in [3.8, 4) is 11.5 Å². The highest BCUT2D eigenvalue weighted by Crippen LogP contribution is 2.44. The zero-order valence-corrected chi connectivity index (χ0v) is 15.7. The first-order valence-corrected chi connectivity index (χ1v) is 10.1. The van der Waals surface area contributed by atoms with Crippen LogP contribution < -0.4 is 19.1 Å². The number of rotatable bonds is 6. The molecule has 1 aromatic rings. The Labute approximate surface area is 161 Å². The molecule has 0 radical (unpaired) electrons.